The van der Waals surface area contributed by atoms with Gasteiger partial charge in [0.1, 0.15) is 6.61 Å². The minimum absolute atomic E-state index is 0.0785. The molecule has 0 bridgehead atoms. The lowest BCUT2D eigenvalue weighted by molar-refractivity contribution is -0.163. The van der Waals surface area contributed by atoms with Gasteiger partial charge in [-0.05, 0) is 70.6 Å². The highest BCUT2D eigenvalue weighted by molar-refractivity contribution is 5.70. The Labute approximate surface area is 386 Å². The van der Waals surface area contributed by atoms with E-state index in [2.05, 4.69) is 69.4 Å². The van der Waals surface area contributed by atoms with Crippen molar-refractivity contribution in [1.82, 2.24) is 0 Å². The molecule has 362 valence electrons. The summed E-state index contributed by atoms with van der Waals surface area (Å²) in [5, 5.41) is 0. The molecule has 5 heteroatoms. The lowest BCUT2D eigenvalue weighted by Crippen LogP contribution is -2.30. The van der Waals surface area contributed by atoms with Crippen molar-refractivity contribution in [3.8, 4) is 0 Å². The van der Waals surface area contributed by atoms with Crippen LogP contribution >= 0.6 is 0 Å². The van der Waals surface area contributed by atoms with Crippen molar-refractivity contribution in [1.29, 1.82) is 0 Å². The van der Waals surface area contributed by atoms with Crippen LogP contribution in [-0.4, -0.2) is 37.9 Å². The first-order chi connectivity index (χ1) is 30.6. The summed E-state index contributed by atoms with van der Waals surface area (Å²) in [4.78, 5) is 25.4. The third kappa shape index (κ3) is 50.5. The second-order valence-corrected chi connectivity index (χ2v) is 18.1. The number of hydrogen-bond donors (Lipinski definition) is 0. The molecule has 0 heterocycles. The quantitative estimate of drug-likeness (QED) is 0.0346. The van der Waals surface area contributed by atoms with E-state index in [0.29, 0.717) is 19.4 Å². The Morgan fingerprint density at radius 3 is 1.13 bits per heavy atom. The van der Waals surface area contributed by atoms with Crippen LogP contribution in [0.2, 0.25) is 0 Å². The first kappa shape index (κ1) is 59.9. The van der Waals surface area contributed by atoms with Crippen molar-refractivity contribution in [2.24, 2.45) is 0 Å². The topological polar surface area (TPSA) is 61.8 Å². The molecule has 1 atom stereocenters. The smallest absolute Gasteiger partial charge is 0.306 e. The van der Waals surface area contributed by atoms with Crippen LogP contribution in [0.3, 0.4) is 0 Å². The van der Waals surface area contributed by atoms with E-state index in [9.17, 15) is 9.59 Å². The summed E-state index contributed by atoms with van der Waals surface area (Å²) in [5.74, 6) is -0.407. The summed E-state index contributed by atoms with van der Waals surface area (Å²) >= 11 is 0. The second-order valence-electron chi connectivity index (χ2n) is 18.1. The van der Waals surface area contributed by atoms with Crippen LogP contribution in [0.1, 0.15) is 278 Å². The van der Waals surface area contributed by atoms with Gasteiger partial charge in [-0.1, -0.05) is 243 Å². The lowest BCUT2D eigenvalue weighted by atomic mass is 10.0. The molecule has 5 nitrogen and oxygen atoms in total. The molecule has 0 amide bonds. The van der Waals surface area contributed by atoms with Gasteiger partial charge in [-0.3, -0.25) is 9.59 Å². The number of esters is 2. The number of rotatable bonds is 50. The van der Waals surface area contributed by atoms with Crippen molar-refractivity contribution in [3.05, 3.63) is 48.6 Å². The number of hydrogen-bond acceptors (Lipinski definition) is 5. The maximum absolute atomic E-state index is 12.8. The largest absolute Gasteiger partial charge is 0.462 e. The van der Waals surface area contributed by atoms with Crippen molar-refractivity contribution >= 4 is 11.9 Å². The maximum atomic E-state index is 12.8. The third-order valence-electron chi connectivity index (χ3n) is 11.8. The van der Waals surface area contributed by atoms with Crippen LogP contribution in [0.15, 0.2) is 48.6 Å². The van der Waals surface area contributed by atoms with Crippen LogP contribution in [0, 0.1) is 0 Å². The van der Waals surface area contributed by atoms with Crippen LogP contribution < -0.4 is 0 Å². The zero-order valence-electron chi connectivity index (χ0n) is 41.6. The highest BCUT2D eigenvalue weighted by Crippen LogP contribution is 2.16. The van der Waals surface area contributed by atoms with Crippen LogP contribution in [0.5, 0.6) is 0 Å². The summed E-state index contributed by atoms with van der Waals surface area (Å²) < 4.78 is 17.4. The van der Waals surface area contributed by atoms with Crippen LogP contribution in [-0.2, 0) is 23.8 Å². The molecule has 0 N–H and O–H groups in total. The van der Waals surface area contributed by atoms with Crippen LogP contribution in [0.25, 0.3) is 0 Å². The van der Waals surface area contributed by atoms with Gasteiger partial charge in [-0.25, -0.2) is 0 Å². The summed E-state index contributed by atoms with van der Waals surface area (Å²) in [6, 6.07) is 0. The average Bonchev–Trinajstić information content (AvgIpc) is 3.27. The molecular formula is C57H104O5. The Morgan fingerprint density at radius 2 is 0.710 bits per heavy atom. The fourth-order valence-corrected chi connectivity index (χ4v) is 7.76. The number of unbranched alkanes of at least 4 members (excludes halogenated alkanes) is 31. The van der Waals surface area contributed by atoms with E-state index in [0.717, 1.165) is 64.2 Å². The van der Waals surface area contributed by atoms with E-state index in [1.165, 1.54) is 180 Å². The van der Waals surface area contributed by atoms with Gasteiger partial charge in [0.05, 0.1) is 6.61 Å². The van der Waals surface area contributed by atoms with Gasteiger partial charge in [-0.15, -0.1) is 0 Å². The fraction of sp³-hybridized carbons (Fsp3) is 0.825. The summed E-state index contributed by atoms with van der Waals surface area (Å²) in [5.41, 5.74) is 0. The zero-order chi connectivity index (χ0) is 44.9. The summed E-state index contributed by atoms with van der Waals surface area (Å²) in [6.07, 6.45) is 65.5. The van der Waals surface area contributed by atoms with E-state index in [4.69, 9.17) is 14.2 Å². The van der Waals surface area contributed by atoms with E-state index in [1.807, 2.05) is 0 Å². The average molecular weight is 869 g/mol. The first-order valence-corrected chi connectivity index (χ1v) is 27.2. The van der Waals surface area contributed by atoms with Gasteiger partial charge in [0, 0.05) is 19.4 Å². The van der Waals surface area contributed by atoms with Gasteiger partial charge in [0.25, 0.3) is 0 Å². The van der Waals surface area contributed by atoms with Crippen molar-refractivity contribution in [3.63, 3.8) is 0 Å². The molecule has 1 unspecified atom stereocenters. The molecule has 0 spiro atoms. The van der Waals surface area contributed by atoms with E-state index in [-0.39, 0.29) is 25.2 Å². The predicted octanol–water partition coefficient (Wildman–Crippen LogP) is 18.3. The molecule has 0 fully saturated rings. The summed E-state index contributed by atoms with van der Waals surface area (Å²) in [7, 11) is 0. The van der Waals surface area contributed by atoms with Crippen molar-refractivity contribution in [2.75, 3.05) is 19.8 Å². The summed E-state index contributed by atoms with van der Waals surface area (Å²) in [6.45, 7) is 7.71. The highest BCUT2D eigenvalue weighted by Gasteiger charge is 2.17. The minimum atomic E-state index is -0.546. The molecule has 0 aromatic heterocycles. The Balaban J connectivity index is 4.22. The molecule has 0 aliphatic carbocycles. The molecule has 0 saturated carbocycles. The van der Waals surface area contributed by atoms with Gasteiger partial charge in [-0.2, -0.15) is 0 Å². The molecule has 0 saturated heterocycles. The number of carbonyl (C=O) groups excluding carboxylic acids is 2. The van der Waals surface area contributed by atoms with E-state index in [1.54, 1.807) is 0 Å². The Hall–Kier alpha value is -2.14. The monoisotopic (exact) mass is 869 g/mol. The van der Waals surface area contributed by atoms with Gasteiger partial charge in [0.2, 0.25) is 0 Å². The molecule has 0 aliphatic heterocycles. The van der Waals surface area contributed by atoms with E-state index >= 15 is 0 Å². The van der Waals surface area contributed by atoms with Gasteiger partial charge >= 0.3 is 11.9 Å². The molecule has 62 heavy (non-hydrogen) atoms. The first-order valence-electron chi connectivity index (χ1n) is 27.2. The van der Waals surface area contributed by atoms with Gasteiger partial charge < -0.3 is 14.2 Å². The molecule has 0 rings (SSSR count). The molecule has 0 aliphatic rings. The molecule has 0 aromatic carbocycles. The predicted molar refractivity (Wildman–Crippen MR) is 270 cm³/mol. The lowest BCUT2D eigenvalue weighted by Gasteiger charge is -2.18. The van der Waals surface area contributed by atoms with Crippen LogP contribution in [0.4, 0.5) is 0 Å². The maximum Gasteiger partial charge on any atom is 0.306 e. The number of ether oxygens (including phenoxy) is 3. The molecular weight excluding hydrogens is 765 g/mol. The fourth-order valence-electron chi connectivity index (χ4n) is 7.76. The highest BCUT2D eigenvalue weighted by atomic mass is 16.6. The molecule has 0 aromatic rings. The molecule has 0 radical (unpaired) electrons. The Morgan fingerprint density at radius 1 is 0.355 bits per heavy atom. The Bertz CT molecular complexity index is 1030. The van der Waals surface area contributed by atoms with E-state index < -0.39 is 6.10 Å². The third-order valence-corrected chi connectivity index (χ3v) is 11.8. The minimum Gasteiger partial charge on any atom is -0.462 e. The standard InChI is InChI=1S/C57H104O5/c1-4-7-10-13-16-19-22-25-27-28-29-30-31-33-35-38-41-44-47-50-56(58)61-54-55(53-60-52-49-46-43-40-37-34-26-23-20-17-14-11-8-5-2)62-57(59)51-48-45-42-39-36-32-24-21-18-15-12-9-6-3/h11-12,14-15,20-21,23-24,55H,4-10,13,16-19,22,25-54H2,1-3H3/b14-11-,15-12-,23-20-,24-21-. The number of carbonyl (C=O) groups is 2. The normalized spacial score (nSPS) is 12.5. The zero-order valence-corrected chi connectivity index (χ0v) is 41.6. The van der Waals surface area contributed by atoms with Gasteiger partial charge in [0.15, 0.2) is 6.10 Å². The second kappa shape index (κ2) is 53.2. The van der Waals surface area contributed by atoms with Crippen molar-refractivity contribution in [2.45, 2.75) is 284 Å². The number of allylic oxidation sites excluding steroid dienone is 8. The Kier molecular flexibility index (Phi) is 51.4. The SMILES string of the molecule is CCC/C=C\C/C=C\CCCCCCCCOCC(COC(=O)CCCCCCCCCCCCCCCCCCCCC)OC(=O)CCCCCCC/C=C\C/C=C\CCC. The van der Waals surface area contributed by atoms with Crippen molar-refractivity contribution < 1.29 is 23.8 Å².